The lowest BCUT2D eigenvalue weighted by atomic mass is 10.2. The topological polar surface area (TPSA) is 77.8 Å². The van der Waals surface area contributed by atoms with Crippen molar-refractivity contribution in [2.75, 3.05) is 5.32 Å². The molecule has 0 aromatic carbocycles. The molecule has 1 aromatic heterocycles. The van der Waals surface area contributed by atoms with Crippen molar-refractivity contribution >= 4 is 11.7 Å². The van der Waals surface area contributed by atoms with Crippen LogP contribution in [0, 0.1) is 18.3 Å². The maximum absolute atomic E-state index is 11.6. The predicted molar refractivity (Wildman–Crippen MR) is 69.6 cm³/mol. The summed E-state index contributed by atoms with van der Waals surface area (Å²) < 4.78 is 0. The van der Waals surface area contributed by atoms with Crippen LogP contribution in [0.15, 0.2) is 30.1 Å². The smallest absolute Gasteiger partial charge is 0.263 e. The van der Waals surface area contributed by atoms with Gasteiger partial charge < -0.3 is 10.6 Å². The van der Waals surface area contributed by atoms with Gasteiger partial charge in [0.05, 0.1) is 0 Å². The quantitative estimate of drug-likeness (QED) is 0.624. The minimum atomic E-state index is -0.395. The molecule has 0 bridgehead atoms. The summed E-state index contributed by atoms with van der Waals surface area (Å²) in [4.78, 5) is 15.7. The second-order valence-electron chi connectivity index (χ2n) is 4.11. The summed E-state index contributed by atoms with van der Waals surface area (Å²) in [6.07, 6.45) is 3.01. The normalized spacial score (nSPS) is 10.9. The third-order valence-electron chi connectivity index (χ3n) is 2.15. The summed E-state index contributed by atoms with van der Waals surface area (Å²) in [5, 5.41) is 14.4. The van der Waals surface area contributed by atoms with Gasteiger partial charge in [0.25, 0.3) is 5.91 Å². The first-order chi connectivity index (χ1) is 8.54. The van der Waals surface area contributed by atoms with E-state index < -0.39 is 5.91 Å². The third-order valence-corrected chi connectivity index (χ3v) is 2.15. The van der Waals surface area contributed by atoms with Crippen LogP contribution in [0.1, 0.15) is 19.4 Å². The second-order valence-corrected chi connectivity index (χ2v) is 4.11. The van der Waals surface area contributed by atoms with E-state index in [4.69, 9.17) is 5.26 Å². The van der Waals surface area contributed by atoms with E-state index in [1.165, 1.54) is 6.20 Å². The number of nitriles is 1. The summed E-state index contributed by atoms with van der Waals surface area (Å²) in [6.45, 7) is 5.57. The van der Waals surface area contributed by atoms with Crippen molar-refractivity contribution < 1.29 is 4.79 Å². The Labute approximate surface area is 107 Å². The summed E-state index contributed by atoms with van der Waals surface area (Å²) >= 11 is 0. The molecule has 0 atom stereocenters. The minimum absolute atomic E-state index is 0.00848. The molecule has 0 aliphatic carbocycles. The lowest BCUT2D eigenvalue weighted by Gasteiger charge is -2.08. The lowest BCUT2D eigenvalue weighted by molar-refractivity contribution is -0.117. The van der Waals surface area contributed by atoms with Gasteiger partial charge in [-0.05, 0) is 32.4 Å². The molecule has 2 N–H and O–H groups in total. The monoisotopic (exact) mass is 244 g/mol. The number of anilines is 1. The molecule has 0 fully saturated rings. The molecule has 0 saturated heterocycles. The summed E-state index contributed by atoms with van der Waals surface area (Å²) in [6, 6.07) is 5.56. The van der Waals surface area contributed by atoms with Gasteiger partial charge in [0.1, 0.15) is 17.5 Å². The molecule has 5 heteroatoms. The number of aromatic nitrogens is 1. The Hall–Kier alpha value is -2.35. The van der Waals surface area contributed by atoms with E-state index in [1.807, 2.05) is 39.0 Å². The van der Waals surface area contributed by atoms with Crippen molar-refractivity contribution in [1.82, 2.24) is 10.3 Å². The van der Waals surface area contributed by atoms with Crippen molar-refractivity contribution in [2.45, 2.75) is 26.8 Å². The predicted octanol–water partition coefficient (Wildman–Crippen LogP) is 1.73. The highest BCUT2D eigenvalue weighted by Crippen LogP contribution is 2.09. The average molecular weight is 244 g/mol. The Kier molecular flexibility index (Phi) is 4.88. The first-order valence-corrected chi connectivity index (χ1v) is 5.64. The fourth-order valence-electron chi connectivity index (χ4n) is 1.27. The van der Waals surface area contributed by atoms with E-state index in [0.29, 0.717) is 5.82 Å². The van der Waals surface area contributed by atoms with Crippen LogP contribution < -0.4 is 10.6 Å². The van der Waals surface area contributed by atoms with Crippen LogP contribution in [-0.2, 0) is 4.79 Å². The molecule has 5 nitrogen and oxygen atoms in total. The maximum atomic E-state index is 11.6. The van der Waals surface area contributed by atoms with Crippen LogP contribution in [0.4, 0.5) is 5.82 Å². The van der Waals surface area contributed by atoms with Crippen molar-refractivity contribution in [3.8, 4) is 6.07 Å². The molecule has 18 heavy (non-hydrogen) atoms. The zero-order valence-electron chi connectivity index (χ0n) is 10.7. The number of hydrogen-bond acceptors (Lipinski definition) is 4. The molecule has 1 heterocycles. The van der Waals surface area contributed by atoms with Crippen molar-refractivity contribution in [1.29, 1.82) is 5.26 Å². The molecule has 0 saturated carbocycles. The minimum Gasteiger partial charge on any atom is -0.349 e. The molecule has 0 unspecified atom stereocenters. The number of nitrogens with one attached hydrogen (secondary N) is 2. The molecule has 1 rings (SSSR count). The Balaban J connectivity index is 2.79. The SMILES string of the molecule is Cc1cccnc1N/C=C(/C#N)C(=O)NC(C)C. The third kappa shape index (κ3) is 3.91. The van der Waals surface area contributed by atoms with Crippen molar-refractivity contribution in [3.05, 3.63) is 35.7 Å². The van der Waals surface area contributed by atoms with Crippen LogP contribution in [0.5, 0.6) is 0 Å². The maximum Gasteiger partial charge on any atom is 0.263 e. The first-order valence-electron chi connectivity index (χ1n) is 5.64. The summed E-state index contributed by atoms with van der Waals surface area (Å²) in [7, 11) is 0. The number of pyridine rings is 1. The molecular weight excluding hydrogens is 228 g/mol. The molecule has 0 aliphatic rings. The standard InChI is InChI=1S/C13H16N4O/c1-9(2)17-13(18)11(7-14)8-16-12-10(3)5-4-6-15-12/h4-6,8-9H,1-3H3,(H,15,16)(H,17,18)/b11-8-. The highest BCUT2D eigenvalue weighted by atomic mass is 16.1. The van der Waals surface area contributed by atoms with E-state index in [-0.39, 0.29) is 11.6 Å². The number of hydrogen-bond donors (Lipinski definition) is 2. The number of nitrogens with zero attached hydrogens (tertiary/aromatic N) is 2. The number of aryl methyl sites for hydroxylation is 1. The Morgan fingerprint density at radius 2 is 2.28 bits per heavy atom. The molecular formula is C13H16N4O. The highest BCUT2D eigenvalue weighted by molar-refractivity contribution is 5.97. The lowest BCUT2D eigenvalue weighted by Crippen LogP contribution is -2.31. The number of carbonyl (C=O) groups is 1. The van der Waals surface area contributed by atoms with Crippen LogP contribution in [0.3, 0.4) is 0 Å². The van der Waals surface area contributed by atoms with E-state index in [1.54, 1.807) is 6.20 Å². The Morgan fingerprint density at radius 3 is 2.83 bits per heavy atom. The molecule has 0 radical (unpaired) electrons. The van der Waals surface area contributed by atoms with E-state index >= 15 is 0 Å². The average Bonchev–Trinajstić information content (AvgIpc) is 2.31. The Morgan fingerprint density at radius 1 is 1.56 bits per heavy atom. The molecule has 0 aliphatic heterocycles. The van der Waals surface area contributed by atoms with E-state index in [0.717, 1.165) is 5.56 Å². The van der Waals surface area contributed by atoms with Crippen LogP contribution in [-0.4, -0.2) is 16.9 Å². The van der Waals surface area contributed by atoms with Gasteiger partial charge in [-0.25, -0.2) is 4.98 Å². The number of amides is 1. The zero-order chi connectivity index (χ0) is 13.5. The summed E-state index contributed by atoms with van der Waals surface area (Å²) in [5.74, 6) is 0.233. The van der Waals surface area contributed by atoms with Gasteiger partial charge in [-0.15, -0.1) is 0 Å². The largest absolute Gasteiger partial charge is 0.349 e. The first kappa shape index (κ1) is 13.7. The van der Waals surface area contributed by atoms with Gasteiger partial charge in [-0.2, -0.15) is 5.26 Å². The van der Waals surface area contributed by atoms with Gasteiger partial charge in [0.2, 0.25) is 0 Å². The van der Waals surface area contributed by atoms with Gasteiger partial charge in [-0.3, -0.25) is 4.79 Å². The zero-order valence-corrected chi connectivity index (χ0v) is 10.7. The van der Waals surface area contributed by atoms with Gasteiger partial charge in [0.15, 0.2) is 0 Å². The van der Waals surface area contributed by atoms with Crippen molar-refractivity contribution in [3.63, 3.8) is 0 Å². The van der Waals surface area contributed by atoms with E-state index in [9.17, 15) is 4.79 Å². The van der Waals surface area contributed by atoms with Crippen molar-refractivity contribution in [2.24, 2.45) is 0 Å². The van der Waals surface area contributed by atoms with Crippen LogP contribution in [0.2, 0.25) is 0 Å². The van der Waals surface area contributed by atoms with Gasteiger partial charge in [0, 0.05) is 18.4 Å². The highest BCUT2D eigenvalue weighted by Gasteiger charge is 2.09. The van der Waals surface area contributed by atoms with Gasteiger partial charge >= 0.3 is 0 Å². The van der Waals surface area contributed by atoms with Crippen LogP contribution in [0.25, 0.3) is 0 Å². The molecule has 0 spiro atoms. The molecule has 1 aromatic rings. The summed E-state index contributed by atoms with van der Waals surface area (Å²) in [5.41, 5.74) is 0.962. The van der Waals surface area contributed by atoms with Crippen LogP contribution >= 0.6 is 0 Å². The second kappa shape index (κ2) is 6.40. The van der Waals surface area contributed by atoms with E-state index in [2.05, 4.69) is 15.6 Å². The Bertz CT molecular complexity index is 500. The fraction of sp³-hybridized carbons (Fsp3) is 0.308. The van der Waals surface area contributed by atoms with Gasteiger partial charge in [-0.1, -0.05) is 6.07 Å². The molecule has 94 valence electrons. The fourth-order valence-corrected chi connectivity index (χ4v) is 1.27. The number of carbonyl (C=O) groups excluding carboxylic acids is 1. The number of rotatable bonds is 4. The molecule has 1 amide bonds.